The molecule has 1 N–H and O–H groups in total. The van der Waals surface area contributed by atoms with Crippen LogP contribution in [-0.4, -0.2) is 91.2 Å². The van der Waals surface area contributed by atoms with Crippen LogP contribution in [0.5, 0.6) is 0 Å². The average Bonchev–Trinajstić information content (AvgIpc) is 2.80. The first-order chi connectivity index (χ1) is 15.7. The molecule has 0 saturated carbocycles. The summed E-state index contributed by atoms with van der Waals surface area (Å²) in [6.07, 6.45) is 2.61. The van der Waals surface area contributed by atoms with Crippen molar-refractivity contribution < 1.29 is 14.3 Å². The van der Waals surface area contributed by atoms with E-state index in [1.54, 1.807) is 18.0 Å². The molecule has 0 spiro atoms. The van der Waals surface area contributed by atoms with Crippen LogP contribution in [0.1, 0.15) is 49.5 Å². The van der Waals surface area contributed by atoms with Gasteiger partial charge < -0.3 is 30.1 Å². The molecule has 182 valence electrons. The number of nitrogens with zero attached hydrogens (tertiary/aromatic N) is 4. The largest absolute Gasteiger partial charge is 0.761 e. The van der Waals surface area contributed by atoms with Crippen molar-refractivity contribution in [3.63, 3.8) is 0 Å². The predicted molar refractivity (Wildman–Crippen MR) is 129 cm³/mol. The van der Waals surface area contributed by atoms with E-state index in [0.717, 1.165) is 56.7 Å². The fraction of sp³-hybridized carbons (Fsp3) is 0.667. The third kappa shape index (κ3) is 5.04. The Morgan fingerprint density at radius 3 is 2.33 bits per heavy atom. The highest BCUT2D eigenvalue weighted by molar-refractivity contribution is 6.03. The van der Waals surface area contributed by atoms with Crippen LogP contribution >= 0.6 is 0 Å². The SMILES string of the molecule is CN1CCc2c(N3CCC(N4CCN(C(=O)OC(C)(C)C)CC4)CC3)ccc(N[O-])c2C1=O. The van der Waals surface area contributed by atoms with Gasteiger partial charge in [-0.2, -0.15) is 0 Å². The number of piperazine rings is 1. The summed E-state index contributed by atoms with van der Waals surface area (Å²) in [6, 6.07) is 4.21. The maximum absolute atomic E-state index is 12.7. The normalized spacial score (nSPS) is 20.6. The summed E-state index contributed by atoms with van der Waals surface area (Å²) in [5.41, 5.74) is 4.44. The van der Waals surface area contributed by atoms with E-state index in [9.17, 15) is 14.8 Å². The second kappa shape index (κ2) is 9.38. The van der Waals surface area contributed by atoms with Crippen LogP contribution in [0.4, 0.5) is 16.2 Å². The Bertz CT molecular complexity index is 884. The molecule has 33 heavy (non-hydrogen) atoms. The van der Waals surface area contributed by atoms with Gasteiger partial charge in [0.15, 0.2) is 0 Å². The molecular formula is C24H36N5O4-. The Balaban J connectivity index is 1.36. The van der Waals surface area contributed by atoms with Crippen molar-refractivity contribution >= 4 is 23.4 Å². The first-order valence-corrected chi connectivity index (χ1v) is 11.9. The third-order valence-electron chi connectivity index (χ3n) is 6.94. The minimum absolute atomic E-state index is 0.0887. The van der Waals surface area contributed by atoms with E-state index in [-0.39, 0.29) is 12.0 Å². The molecule has 1 aromatic carbocycles. The van der Waals surface area contributed by atoms with Gasteiger partial charge in [-0.1, -0.05) is 0 Å². The molecule has 9 heteroatoms. The van der Waals surface area contributed by atoms with Gasteiger partial charge in [0, 0.05) is 70.3 Å². The second-order valence-electron chi connectivity index (χ2n) is 10.3. The summed E-state index contributed by atoms with van der Waals surface area (Å²) in [7, 11) is 1.78. The molecular weight excluding hydrogens is 422 g/mol. The molecule has 3 aliphatic rings. The number of carbonyl (C=O) groups excluding carboxylic acids is 2. The van der Waals surface area contributed by atoms with E-state index in [1.165, 1.54) is 0 Å². The molecule has 1 aromatic rings. The lowest BCUT2D eigenvalue weighted by molar-refractivity contribution is 0.00901. The van der Waals surface area contributed by atoms with Crippen LogP contribution in [0.15, 0.2) is 12.1 Å². The van der Waals surface area contributed by atoms with Gasteiger partial charge in [0.2, 0.25) is 0 Å². The molecule has 0 aliphatic carbocycles. The Morgan fingerprint density at radius 1 is 1.06 bits per heavy atom. The quantitative estimate of drug-likeness (QED) is 0.697. The van der Waals surface area contributed by atoms with Crippen LogP contribution in [0, 0.1) is 5.21 Å². The summed E-state index contributed by atoms with van der Waals surface area (Å²) < 4.78 is 5.51. The predicted octanol–water partition coefficient (Wildman–Crippen LogP) is 2.75. The highest BCUT2D eigenvalue weighted by Gasteiger charge is 2.33. The Kier molecular flexibility index (Phi) is 6.72. The number of anilines is 2. The summed E-state index contributed by atoms with van der Waals surface area (Å²) in [5.74, 6) is -0.0887. The van der Waals surface area contributed by atoms with Crippen molar-refractivity contribution in [2.24, 2.45) is 0 Å². The highest BCUT2D eigenvalue weighted by atomic mass is 16.6. The van der Waals surface area contributed by atoms with Crippen molar-refractivity contribution in [1.29, 1.82) is 0 Å². The smallest absolute Gasteiger partial charge is 0.410 e. The number of hydrogen-bond acceptors (Lipinski definition) is 7. The van der Waals surface area contributed by atoms with Gasteiger partial charge in [-0.25, -0.2) is 4.79 Å². The average molecular weight is 459 g/mol. The molecule has 0 bridgehead atoms. The number of likely N-dealkylation sites (N-methyl/N-ethyl adjacent to an activating group) is 1. The van der Waals surface area contributed by atoms with Gasteiger partial charge >= 0.3 is 6.09 Å². The zero-order chi connectivity index (χ0) is 23.8. The monoisotopic (exact) mass is 458 g/mol. The fourth-order valence-electron chi connectivity index (χ4n) is 5.16. The van der Waals surface area contributed by atoms with Gasteiger partial charge in [-0.15, -0.1) is 0 Å². The third-order valence-corrected chi connectivity index (χ3v) is 6.94. The Morgan fingerprint density at radius 2 is 1.73 bits per heavy atom. The van der Waals surface area contributed by atoms with E-state index in [1.807, 2.05) is 37.2 Å². The van der Waals surface area contributed by atoms with E-state index >= 15 is 0 Å². The molecule has 2 amide bonds. The molecule has 9 nitrogen and oxygen atoms in total. The van der Waals surface area contributed by atoms with Gasteiger partial charge in [-0.3, -0.25) is 9.69 Å². The molecule has 0 atom stereocenters. The van der Waals surface area contributed by atoms with Crippen LogP contribution in [0.2, 0.25) is 0 Å². The van der Waals surface area contributed by atoms with Crippen LogP contribution in [0.25, 0.3) is 0 Å². The Hall–Kier alpha value is -2.52. The molecule has 0 radical (unpaired) electrons. The maximum atomic E-state index is 12.7. The molecule has 0 unspecified atom stereocenters. The first kappa shape index (κ1) is 23.6. The molecule has 0 aromatic heterocycles. The van der Waals surface area contributed by atoms with E-state index in [2.05, 4.69) is 9.80 Å². The van der Waals surface area contributed by atoms with Crippen molar-refractivity contribution in [1.82, 2.24) is 14.7 Å². The standard InChI is InChI=1S/C24H36N5O4/c1-24(2,3)33-23(31)29-15-13-27(14-16-29)17-7-11-28(12-8-17)20-6-5-19(25-32)21-18(20)9-10-26(4)22(21)30/h5-6,17,25H,7-16H2,1-4H3/q-1. The molecule has 3 heterocycles. The van der Waals surface area contributed by atoms with Gasteiger partial charge in [-0.05, 0) is 57.7 Å². The lowest BCUT2D eigenvalue weighted by atomic mass is 9.93. The fourth-order valence-corrected chi connectivity index (χ4v) is 5.16. The number of rotatable bonds is 3. The van der Waals surface area contributed by atoms with Crippen LogP contribution in [-0.2, 0) is 11.2 Å². The van der Waals surface area contributed by atoms with E-state index < -0.39 is 5.60 Å². The number of hydrogen-bond donors (Lipinski definition) is 1. The number of benzene rings is 1. The summed E-state index contributed by atoms with van der Waals surface area (Å²) >= 11 is 0. The highest BCUT2D eigenvalue weighted by Crippen LogP contribution is 2.35. The lowest BCUT2D eigenvalue weighted by Gasteiger charge is -2.44. The lowest BCUT2D eigenvalue weighted by Crippen LogP contribution is -2.55. The minimum atomic E-state index is -0.470. The number of fused-ring (bicyclic) bond motifs is 1. The van der Waals surface area contributed by atoms with Crippen molar-refractivity contribution in [3.05, 3.63) is 28.5 Å². The number of carbonyl (C=O) groups is 2. The number of piperidine rings is 1. The van der Waals surface area contributed by atoms with Crippen molar-refractivity contribution in [2.45, 2.75) is 51.7 Å². The topological polar surface area (TPSA) is 91.4 Å². The first-order valence-electron chi connectivity index (χ1n) is 11.9. The number of nitrogens with one attached hydrogen (secondary N) is 1. The number of amides is 2. The Labute approximate surface area is 196 Å². The van der Waals surface area contributed by atoms with E-state index in [4.69, 9.17) is 4.74 Å². The van der Waals surface area contributed by atoms with Crippen molar-refractivity contribution in [3.8, 4) is 0 Å². The van der Waals surface area contributed by atoms with Gasteiger partial charge in [0.05, 0.1) is 5.56 Å². The van der Waals surface area contributed by atoms with Crippen LogP contribution < -0.4 is 10.4 Å². The molecule has 2 fully saturated rings. The summed E-state index contributed by atoms with van der Waals surface area (Å²) in [6.45, 7) is 11.3. The summed E-state index contributed by atoms with van der Waals surface area (Å²) in [5, 5.41) is 11.4. The van der Waals surface area contributed by atoms with Crippen LogP contribution in [0.3, 0.4) is 0 Å². The molecule has 3 aliphatic heterocycles. The minimum Gasteiger partial charge on any atom is -0.761 e. The van der Waals surface area contributed by atoms with Crippen molar-refractivity contribution in [2.75, 3.05) is 63.2 Å². The second-order valence-corrected chi connectivity index (χ2v) is 10.3. The maximum Gasteiger partial charge on any atom is 0.410 e. The molecule has 4 rings (SSSR count). The number of ether oxygens (including phenoxy) is 1. The van der Waals surface area contributed by atoms with Gasteiger partial charge in [0.25, 0.3) is 5.91 Å². The van der Waals surface area contributed by atoms with E-state index in [0.29, 0.717) is 36.9 Å². The summed E-state index contributed by atoms with van der Waals surface area (Å²) in [4.78, 5) is 33.4. The zero-order valence-corrected chi connectivity index (χ0v) is 20.2. The van der Waals surface area contributed by atoms with Gasteiger partial charge in [0.1, 0.15) is 5.60 Å². The molecule has 2 saturated heterocycles. The zero-order valence-electron chi connectivity index (χ0n) is 20.2.